The van der Waals surface area contributed by atoms with E-state index in [0.717, 1.165) is 49.4 Å². The molecule has 2 heterocycles. The maximum Gasteiger partial charge on any atom is 0.250 e. The van der Waals surface area contributed by atoms with E-state index in [1.54, 1.807) is 17.7 Å². The molecule has 140 valence electrons. The zero-order chi connectivity index (χ0) is 18.5. The van der Waals surface area contributed by atoms with Gasteiger partial charge in [0.15, 0.2) is 0 Å². The Morgan fingerprint density at radius 3 is 2.50 bits per heavy atom. The molecule has 1 N–H and O–H groups in total. The second-order valence-electron chi connectivity index (χ2n) is 7.04. The molecule has 1 atom stereocenters. The fraction of sp³-hybridized carbons (Fsp3) is 0.476. The van der Waals surface area contributed by atoms with Crippen molar-refractivity contribution in [3.8, 4) is 5.75 Å². The van der Waals surface area contributed by atoms with Crippen LogP contribution in [0.2, 0.25) is 0 Å². The van der Waals surface area contributed by atoms with Crippen molar-refractivity contribution >= 4 is 0 Å². The fourth-order valence-corrected chi connectivity index (χ4v) is 3.57. The third kappa shape index (κ3) is 4.54. The minimum atomic E-state index is -0.433. The first-order chi connectivity index (χ1) is 12.6. The second-order valence-corrected chi connectivity index (χ2v) is 7.04. The highest BCUT2D eigenvalue weighted by molar-refractivity contribution is 5.29. The van der Waals surface area contributed by atoms with Crippen molar-refractivity contribution in [2.45, 2.75) is 32.4 Å². The van der Waals surface area contributed by atoms with Gasteiger partial charge in [0.25, 0.3) is 5.56 Å². The van der Waals surface area contributed by atoms with Crippen LogP contribution in [-0.4, -0.2) is 34.3 Å². The van der Waals surface area contributed by atoms with Gasteiger partial charge < -0.3 is 14.4 Å². The Morgan fingerprint density at radius 2 is 1.88 bits per heavy atom. The first-order valence-electron chi connectivity index (χ1n) is 9.35. The third-order valence-corrected chi connectivity index (χ3v) is 5.19. The Bertz CT molecular complexity index is 762. The average Bonchev–Trinajstić information content (AvgIpc) is 2.66. The quantitative estimate of drug-likeness (QED) is 0.865. The van der Waals surface area contributed by atoms with E-state index in [2.05, 4.69) is 4.90 Å². The van der Waals surface area contributed by atoms with Crippen LogP contribution in [0.3, 0.4) is 0 Å². The van der Waals surface area contributed by atoms with Gasteiger partial charge in [-0.3, -0.25) is 9.69 Å². The molecule has 1 aliphatic heterocycles. The minimum Gasteiger partial charge on any atom is -0.494 e. The topological polar surface area (TPSA) is 54.7 Å². The molecule has 0 radical (unpaired) electrons. The molecule has 2 aromatic rings. The maximum absolute atomic E-state index is 11.7. The van der Waals surface area contributed by atoms with Gasteiger partial charge in [0, 0.05) is 25.9 Å². The lowest BCUT2D eigenvalue weighted by atomic mass is 9.87. The Morgan fingerprint density at radius 1 is 1.19 bits per heavy atom. The number of nitrogens with zero attached hydrogens (tertiary/aromatic N) is 2. The van der Waals surface area contributed by atoms with E-state index < -0.39 is 6.10 Å². The highest BCUT2D eigenvalue weighted by Gasteiger charge is 2.26. The summed E-state index contributed by atoms with van der Waals surface area (Å²) in [5.74, 6) is 1.11. The van der Waals surface area contributed by atoms with E-state index in [-0.39, 0.29) is 11.5 Å². The summed E-state index contributed by atoms with van der Waals surface area (Å²) in [5, 5.41) is 10.7. The summed E-state index contributed by atoms with van der Waals surface area (Å²) >= 11 is 0. The monoisotopic (exact) mass is 356 g/mol. The smallest absolute Gasteiger partial charge is 0.250 e. The van der Waals surface area contributed by atoms with Crippen LogP contribution in [0.4, 0.5) is 0 Å². The summed E-state index contributed by atoms with van der Waals surface area (Å²) in [5.41, 5.74) is 2.04. The van der Waals surface area contributed by atoms with E-state index in [4.69, 9.17) is 4.74 Å². The molecule has 1 aromatic heterocycles. The van der Waals surface area contributed by atoms with Crippen LogP contribution >= 0.6 is 0 Å². The fourth-order valence-electron chi connectivity index (χ4n) is 3.57. The van der Waals surface area contributed by atoms with E-state index in [9.17, 15) is 9.90 Å². The van der Waals surface area contributed by atoms with Gasteiger partial charge in [-0.2, -0.15) is 0 Å². The number of aryl methyl sites for hydroxylation is 1. The van der Waals surface area contributed by atoms with Crippen molar-refractivity contribution in [2.24, 2.45) is 13.0 Å². The molecule has 1 aliphatic rings. The van der Waals surface area contributed by atoms with Crippen molar-refractivity contribution in [3.05, 3.63) is 64.1 Å². The zero-order valence-electron chi connectivity index (χ0n) is 15.6. The van der Waals surface area contributed by atoms with Crippen molar-refractivity contribution in [2.75, 3.05) is 19.7 Å². The Hall–Kier alpha value is -2.11. The van der Waals surface area contributed by atoms with Crippen molar-refractivity contribution in [1.29, 1.82) is 0 Å². The molecule has 3 rings (SSSR count). The number of hydrogen-bond acceptors (Lipinski definition) is 4. The van der Waals surface area contributed by atoms with Crippen molar-refractivity contribution < 1.29 is 9.84 Å². The normalized spacial score (nSPS) is 17.2. The van der Waals surface area contributed by atoms with Crippen LogP contribution in [0, 0.1) is 5.92 Å². The molecule has 5 heteroatoms. The molecule has 0 aliphatic carbocycles. The second kappa shape index (κ2) is 8.52. The van der Waals surface area contributed by atoms with Crippen molar-refractivity contribution in [1.82, 2.24) is 9.47 Å². The lowest BCUT2D eigenvalue weighted by Gasteiger charge is -2.34. The average molecular weight is 356 g/mol. The molecule has 0 spiro atoms. The molecule has 5 nitrogen and oxygen atoms in total. The molecule has 1 fully saturated rings. The third-order valence-electron chi connectivity index (χ3n) is 5.19. The summed E-state index contributed by atoms with van der Waals surface area (Å²) < 4.78 is 7.05. The van der Waals surface area contributed by atoms with E-state index in [0.29, 0.717) is 6.61 Å². The molecular weight excluding hydrogens is 328 g/mol. The number of aliphatic hydroxyl groups excluding tert-OH is 1. The van der Waals surface area contributed by atoms with Crippen molar-refractivity contribution in [3.63, 3.8) is 0 Å². The van der Waals surface area contributed by atoms with Crippen LogP contribution < -0.4 is 10.3 Å². The molecule has 26 heavy (non-hydrogen) atoms. The van der Waals surface area contributed by atoms with Crippen LogP contribution in [0.1, 0.15) is 37.0 Å². The lowest BCUT2D eigenvalue weighted by Crippen LogP contribution is -2.35. The number of hydrogen-bond donors (Lipinski definition) is 1. The number of benzene rings is 1. The molecule has 0 saturated carbocycles. The van der Waals surface area contributed by atoms with Crippen LogP contribution in [-0.2, 0) is 13.6 Å². The van der Waals surface area contributed by atoms with Gasteiger partial charge in [-0.1, -0.05) is 12.1 Å². The van der Waals surface area contributed by atoms with Gasteiger partial charge in [-0.25, -0.2) is 0 Å². The predicted octanol–water partition coefficient (Wildman–Crippen LogP) is 2.73. The largest absolute Gasteiger partial charge is 0.494 e. The molecule has 0 bridgehead atoms. The van der Waals surface area contributed by atoms with Gasteiger partial charge in [-0.05, 0) is 68.1 Å². The number of piperidine rings is 1. The number of aliphatic hydroxyl groups is 1. The van der Waals surface area contributed by atoms with E-state index >= 15 is 0 Å². The first-order valence-corrected chi connectivity index (χ1v) is 9.35. The summed E-state index contributed by atoms with van der Waals surface area (Å²) in [4.78, 5) is 14.1. The Labute approximate surface area is 154 Å². The molecule has 0 amide bonds. The number of aromatic nitrogens is 1. The predicted molar refractivity (Wildman–Crippen MR) is 102 cm³/mol. The van der Waals surface area contributed by atoms with Crippen LogP contribution in [0.15, 0.2) is 47.4 Å². The van der Waals surface area contributed by atoms with Crippen LogP contribution in [0.5, 0.6) is 5.75 Å². The van der Waals surface area contributed by atoms with E-state index in [1.165, 1.54) is 0 Å². The number of pyridine rings is 1. The molecule has 1 unspecified atom stereocenters. The first kappa shape index (κ1) is 18.7. The molecular formula is C21H28N2O3. The summed E-state index contributed by atoms with van der Waals surface area (Å²) in [6, 6.07) is 11.5. The zero-order valence-corrected chi connectivity index (χ0v) is 15.6. The summed E-state index contributed by atoms with van der Waals surface area (Å²) in [6.45, 7) is 5.28. The van der Waals surface area contributed by atoms with Gasteiger partial charge in [-0.15, -0.1) is 0 Å². The highest BCUT2D eigenvalue weighted by Crippen LogP contribution is 2.31. The minimum absolute atomic E-state index is 0.0308. The maximum atomic E-state index is 11.7. The standard InChI is InChI=1S/C21H28N2O3/c1-3-26-19-6-4-17(5-7-19)21(25)18-9-12-23(13-10-18)15-16-8-11-22(2)20(24)14-16/h4-8,11,14,18,21,25H,3,9-10,12-13,15H2,1-2H3. The van der Waals surface area contributed by atoms with Gasteiger partial charge >= 0.3 is 0 Å². The molecule has 1 saturated heterocycles. The molecule has 1 aromatic carbocycles. The van der Waals surface area contributed by atoms with Gasteiger partial charge in [0.2, 0.25) is 0 Å². The lowest BCUT2D eigenvalue weighted by molar-refractivity contribution is 0.0567. The Balaban J connectivity index is 1.54. The summed E-state index contributed by atoms with van der Waals surface area (Å²) in [6.07, 6.45) is 3.30. The number of likely N-dealkylation sites (tertiary alicyclic amines) is 1. The Kier molecular flexibility index (Phi) is 6.12. The van der Waals surface area contributed by atoms with Crippen LogP contribution in [0.25, 0.3) is 0 Å². The number of rotatable bonds is 6. The SMILES string of the molecule is CCOc1ccc(C(O)C2CCN(Cc3ccn(C)c(=O)c3)CC2)cc1. The van der Waals surface area contributed by atoms with Gasteiger partial charge in [0.1, 0.15) is 5.75 Å². The van der Waals surface area contributed by atoms with E-state index in [1.807, 2.05) is 43.5 Å². The highest BCUT2D eigenvalue weighted by atomic mass is 16.5. The van der Waals surface area contributed by atoms with Gasteiger partial charge in [0.05, 0.1) is 12.7 Å². The summed E-state index contributed by atoms with van der Waals surface area (Å²) in [7, 11) is 1.76. The number of ether oxygens (including phenoxy) is 1.